The molecule has 2 aromatic carbocycles. The minimum absolute atomic E-state index is 0.00579. The van der Waals surface area contributed by atoms with E-state index in [2.05, 4.69) is 31.1 Å². The van der Waals surface area contributed by atoms with Crippen LogP contribution in [0.3, 0.4) is 0 Å². The topological polar surface area (TPSA) is 9.23 Å². The van der Waals surface area contributed by atoms with Gasteiger partial charge in [0.1, 0.15) is 12.4 Å². The molecular formula is C29H29F3O. The van der Waals surface area contributed by atoms with Gasteiger partial charge in [-0.25, -0.2) is 13.2 Å². The van der Waals surface area contributed by atoms with E-state index in [1.807, 2.05) is 6.07 Å². The Morgan fingerprint density at radius 2 is 1.61 bits per heavy atom. The van der Waals surface area contributed by atoms with Gasteiger partial charge in [0, 0.05) is 5.56 Å². The van der Waals surface area contributed by atoms with Gasteiger partial charge in [0.2, 0.25) is 0 Å². The first-order valence-corrected chi connectivity index (χ1v) is 11.6. The minimum Gasteiger partial charge on any atom is -0.483 e. The van der Waals surface area contributed by atoms with Crippen molar-refractivity contribution in [3.63, 3.8) is 0 Å². The standard InChI is InChI=1S/C29H29F3O/c1-3-13-33-29-27(31)15-20(16-28(29)32)6-7-21-9-10-25(18-26(21)30)24-12-11-22-14-19(4-2)5-8-23(22)17-24/h3-4,9-10,15-16,18-19,22-24H,1-2,5,8,11-14,17H2. The van der Waals surface area contributed by atoms with Gasteiger partial charge in [-0.15, -0.1) is 6.58 Å². The van der Waals surface area contributed by atoms with E-state index < -0.39 is 23.2 Å². The smallest absolute Gasteiger partial charge is 0.191 e. The molecule has 4 rings (SSSR count). The second-order valence-corrected chi connectivity index (χ2v) is 9.20. The average molecular weight is 451 g/mol. The maximum absolute atomic E-state index is 14.8. The van der Waals surface area contributed by atoms with E-state index in [9.17, 15) is 13.2 Å². The molecule has 0 bridgehead atoms. The maximum Gasteiger partial charge on any atom is 0.191 e. The molecule has 172 valence electrons. The summed E-state index contributed by atoms with van der Waals surface area (Å²) in [5.41, 5.74) is 1.35. The summed E-state index contributed by atoms with van der Waals surface area (Å²) in [6.45, 7) is 7.41. The summed E-state index contributed by atoms with van der Waals surface area (Å²) in [5.74, 6) is 5.29. The van der Waals surface area contributed by atoms with E-state index in [1.54, 1.807) is 12.1 Å². The highest BCUT2D eigenvalue weighted by molar-refractivity contribution is 5.46. The first kappa shape index (κ1) is 23.2. The largest absolute Gasteiger partial charge is 0.483 e. The molecule has 0 aromatic heterocycles. The Bertz CT molecular complexity index is 1070. The molecule has 0 amide bonds. The van der Waals surface area contributed by atoms with Crippen molar-refractivity contribution in [3.05, 3.63) is 89.8 Å². The Morgan fingerprint density at radius 1 is 0.879 bits per heavy atom. The number of halogens is 3. The lowest BCUT2D eigenvalue weighted by Gasteiger charge is -2.41. The van der Waals surface area contributed by atoms with Crippen LogP contribution in [0, 0.1) is 47.0 Å². The fraction of sp³-hybridized carbons (Fsp3) is 0.379. The van der Waals surface area contributed by atoms with E-state index >= 15 is 0 Å². The summed E-state index contributed by atoms with van der Waals surface area (Å²) in [6, 6.07) is 7.37. The number of allylic oxidation sites excluding steroid dienone is 1. The lowest BCUT2D eigenvalue weighted by Crippen LogP contribution is -2.30. The zero-order chi connectivity index (χ0) is 23.4. The Labute approximate surface area is 194 Å². The lowest BCUT2D eigenvalue weighted by molar-refractivity contribution is 0.133. The van der Waals surface area contributed by atoms with Crippen molar-refractivity contribution in [1.82, 2.24) is 0 Å². The van der Waals surface area contributed by atoms with Crippen molar-refractivity contribution >= 4 is 0 Å². The Hall–Kier alpha value is -2.93. The van der Waals surface area contributed by atoms with Gasteiger partial charge >= 0.3 is 0 Å². The first-order chi connectivity index (χ1) is 16.0. The average Bonchev–Trinajstić information content (AvgIpc) is 2.82. The summed E-state index contributed by atoms with van der Waals surface area (Å²) in [7, 11) is 0. The van der Waals surface area contributed by atoms with Crippen LogP contribution in [0.1, 0.15) is 61.1 Å². The highest BCUT2D eigenvalue weighted by Gasteiger charge is 2.35. The van der Waals surface area contributed by atoms with Crippen LogP contribution in [0.2, 0.25) is 0 Å². The molecule has 4 heteroatoms. The quantitative estimate of drug-likeness (QED) is 0.337. The number of ether oxygens (including phenoxy) is 1. The van der Waals surface area contributed by atoms with E-state index in [1.165, 1.54) is 31.8 Å². The van der Waals surface area contributed by atoms with Crippen molar-refractivity contribution in [2.75, 3.05) is 6.61 Å². The fourth-order valence-electron chi connectivity index (χ4n) is 5.38. The van der Waals surface area contributed by atoms with E-state index in [-0.39, 0.29) is 17.7 Å². The predicted octanol–water partition coefficient (Wildman–Crippen LogP) is 7.55. The van der Waals surface area contributed by atoms with Crippen molar-refractivity contribution in [2.24, 2.45) is 17.8 Å². The molecule has 0 N–H and O–H groups in total. The van der Waals surface area contributed by atoms with E-state index in [4.69, 9.17) is 4.74 Å². The van der Waals surface area contributed by atoms with Gasteiger partial charge in [-0.3, -0.25) is 0 Å². The molecule has 2 aliphatic carbocycles. The van der Waals surface area contributed by atoms with Crippen LogP contribution in [-0.2, 0) is 0 Å². The summed E-state index contributed by atoms with van der Waals surface area (Å²) in [5, 5.41) is 0. The van der Waals surface area contributed by atoms with Gasteiger partial charge in [-0.2, -0.15) is 0 Å². The third-order valence-corrected chi connectivity index (χ3v) is 7.14. The second kappa shape index (κ2) is 10.3. The highest BCUT2D eigenvalue weighted by Crippen LogP contribution is 2.47. The van der Waals surface area contributed by atoms with Crippen LogP contribution in [0.25, 0.3) is 0 Å². The summed E-state index contributed by atoms with van der Waals surface area (Å²) in [4.78, 5) is 0. The predicted molar refractivity (Wildman–Crippen MR) is 126 cm³/mol. The summed E-state index contributed by atoms with van der Waals surface area (Å²) in [6.07, 6.45) is 10.6. The van der Waals surface area contributed by atoms with Crippen LogP contribution >= 0.6 is 0 Å². The zero-order valence-electron chi connectivity index (χ0n) is 18.8. The minimum atomic E-state index is -0.852. The highest BCUT2D eigenvalue weighted by atomic mass is 19.1. The number of hydrogen-bond acceptors (Lipinski definition) is 1. The molecule has 0 aliphatic heterocycles. The number of fused-ring (bicyclic) bond motifs is 1. The third kappa shape index (κ3) is 5.36. The molecule has 2 aliphatic rings. The van der Waals surface area contributed by atoms with Crippen molar-refractivity contribution in [3.8, 4) is 17.6 Å². The first-order valence-electron chi connectivity index (χ1n) is 11.6. The van der Waals surface area contributed by atoms with Crippen LogP contribution in [0.4, 0.5) is 13.2 Å². The molecule has 2 fully saturated rings. The molecule has 2 aromatic rings. The van der Waals surface area contributed by atoms with Crippen molar-refractivity contribution < 1.29 is 17.9 Å². The molecule has 0 spiro atoms. The summed E-state index contributed by atoms with van der Waals surface area (Å²) >= 11 is 0. The Kier molecular flexibility index (Phi) is 7.28. The van der Waals surface area contributed by atoms with Gasteiger partial charge in [0.25, 0.3) is 0 Å². The molecule has 0 radical (unpaired) electrons. The SMILES string of the molecule is C=CCOc1c(F)cc(C#Cc2ccc(C3CCC4CC(C=C)CCC4C3)cc2F)cc1F. The second-order valence-electron chi connectivity index (χ2n) is 9.20. The lowest BCUT2D eigenvalue weighted by atomic mass is 9.64. The molecule has 33 heavy (non-hydrogen) atoms. The Morgan fingerprint density at radius 3 is 2.30 bits per heavy atom. The van der Waals surface area contributed by atoms with E-state index in [0.29, 0.717) is 17.8 Å². The molecule has 0 heterocycles. The van der Waals surface area contributed by atoms with E-state index in [0.717, 1.165) is 36.5 Å². The molecule has 0 saturated heterocycles. The fourth-order valence-corrected chi connectivity index (χ4v) is 5.38. The molecule has 2 saturated carbocycles. The number of benzene rings is 2. The van der Waals surface area contributed by atoms with Crippen LogP contribution in [-0.4, -0.2) is 6.61 Å². The van der Waals surface area contributed by atoms with Crippen LogP contribution in [0.5, 0.6) is 5.75 Å². The zero-order valence-corrected chi connectivity index (χ0v) is 18.8. The van der Waals surface area contributed by atoms with Crippen LogP contribution < -0.4 is 4.74 Å². The van der Waals surface area contributed by atoms with Gasteiger partial charge in [-0.05, 0) is 92.0 Å². The van der Waals surface area contributed by atoms with Gasteiger partial charge in [0.05, 0.1) is 5.56 Å². The monoisotopic (exact) mass is 450 g/mol. The molecule has 4 unspecified atom stereocenters. The molecule has 1 nitrogen and oxygen atoms in total. The van der Waals surface area contributed by atoms with Gasteiger partial charge in [-0.1, -0.05) is 36.6 Å². The third-order valence-electron chi connectivity index (χ3n) is 7.14. The van der Waals surface area contributed by atoms with Crippen molar-refractivity contribution in [1.29, 1.82) is 0 Å². The van der Waals surface area contributed by atoms with Crippen molar-refractivity contribution in [2.45, 2.75) is 44.4 Å². The normalized spacial score (nSPS) is 24.2. The molecular weight excluding hydrogens is 421 g/mol. The van der Waals surface area contributed by atoms with Crippen LogP contribution in [0.15, 0.2) is 55.6 Å². The Balaban J connectivity index is 1.46. The number of rotatable bonds is 5. The molecule has 4 atom stereocenters. The van der Waals surface area contributed by atoms with Gasteiger partial charge < -0.3 is 4.74 Å². The maximum atomic E-state index is 14.8. The summed E-state index contributed by atoms with van der Waals surface area (Å²) < 4.78 is 48.0. The number of hydrogen-bond donors (Lipinski definition) is 0. The van der Waals surface area contributed by atoms with Gasteiger partial charge in [0.15, 0.2) is 17.4 Å².